The first-order chi connectivity index (χ1) is 9.02. The molecule has 0 aliphatic carbocycles. The number of hydrogen-bond donors (Lipinski definition) is 1. The highest BCUT2D eigenvalue weighted by atomic mass is 35.5. The number of aromatic nitrogens is 2. The van der Waals surface area contributed by atoms with Crippen LogP contribution in [0.25, 0.3) is 0 Å². The summed E-state index contributed by atoms with van der Waals surface area (Å²) in [6.45, 7) is 0. The van der Waals surface area contributed by atoms with Gasteiger partial charge in [-0.1, -0.05) is 16.3 Å². The Kier molecular flexibility index (Phi) is 3.57. The summed E-state index contributed by atoms with van der Waals surface area (Å²) in [6.07, 6.45) is 0. The van der Waals surface area contributed by atoms with Crippen molar-refractivity contribution in [3.05, 3.63) is 39.3 Å². The summed E-state index contributed by atoms with van der Waals surface area (Å²) < 4.78 is 10.7. The molecule has 1 aromatic heterocycles. The molecular formula is C11H10ClN3O4. The average molecular weight is 284 g/mol. The molecular weight excluding hydrogens is 274 g/mol. The van der Waals surface area contributed by atoms with Crippen molar-refractivity contribution in [1.29, 1.82) is 0 Å². The van der Waals surface area contributed by atoms with Gasteiger partial charge in [0.05, 0.1) is 13.0 Å². The SMILES string of the molecule is COc1ccc(Cl)cc1N=C([O-])c1c(=O)o[nH][n+]1C. The van der Waals surface area contributed by atoms with E-state index in [2.05, 4.69) is 14.8 Å². The number of benzene rings is 1. The van der Waals surface area contributed by atoms with Crippen LogP contribution in [-0.2, 0) is 7.05 Å². The molecule has 100 valence electrons. The maximum atomic E-state index is 11.9. The molecule has 19 heavy (non-hydrogen) atoms. The minimum Gasteiger partial charge on any atom is -0.854 e. The van der Waals surface area contributed by atoms with Gasteiger partial charge in [-0.3, -0.25) is 9.52 Å². The monoisotopic (exact) mass is 283 g/mol. The fourth-order valence-electron chi connectivity index (χ4n) is 1.48. The van der Waals surface area contributed by atoms with E-state index < -0.39 is 11.5 Å². The second-order valence-corrected chi connectivity index (χ2v) is 4.06. The van der Waals surface area contributed by atoms with E-state index in [1.54, 1.807) is 12.1 Å². The van der Waals surface area contributed by atoms with Crippen LogP contribution >= 0.6 is 11.6 Å². The highest BCUT2D eigenvalue weighted by Crippen LogP contribution is 2.30. The van der Waals surface area contributed by atoms with Gasteiger partial charge in [0.25, 0.3) is 0 Å². The molecule has 0 saturated heterocycles. The summed E-state index contributed by atoms with van der Waals surface area (Å²) in [7, 11) is 2.90. The van der Waals surface area contributed by atoms with Crippen LogP contribution in [0.5, 0.6) is 5.75 Å². The number of nitrogens with one attached hydrogen (secondary N) is 1. The predicted molar refractivity (Wildman–Crippen MR) is 64.7 cm³/mol. The van der Waals surface area contributed by atoms with Crippen LogP contribution in [0.4, 0.5) is 5.69 Å². The molecule has 2 aromatic rings. The van der Waals surface area contributed by atoms with E-state index in [9.17, 15) is 9.90 Å². The molecule has 1 N–H and O–H groups in total. The van der Waals surface area contributed by atoms with Crippen LogP contribution in [0.15, 0.2) is 32.5 Å². The number of aryl methyl sites for hydroxylation is 1. The Bertz CT molecular complexity index is 689. The Morgan fingerprint density at radius 1 is 1.58 bits per heavy atom. The molecule has 0 spiro atoms. The van der Waals surface area contributed by atoms with E-state index >= 15 is 0 Å². The standard InChI is InChI=1S/C11H10ClN3O4/c1-15-9(11(17)19-14-15)10(16)13-7-5-6(12)3-4-8(7)18-2/h3-5H,1-2H3,(H-,13,14,16,17). The Morgan fingerprint density at radius 3 is 2.89 bits per heavy atom. The van der Waals surface area contributed by atoms with Crippen LogP contribution in [0, 0.1) is 0 Å². The van der Waals surface area contributed by atoms with Gasteiger partial charge in [0.15, 0.2) is 7.05 Å². The first-order valence-electron chi connectivity index (χ1n) is 5.20. The summed E-state index contributed by atoms with van der Waals surface area (Å²) in [6, 6.07) is 4.65. The number of nitrogens with zero attached hydrogens (tertiary/aromatic N) is 2. The van der Waals surface area contributed by atoms with Gasteiger partial charge in [-0.2, -0.15) is 0 Å². The summed E-state index contributed by atoms with van der Waals surface area (Å²) in [5.74, 6) is -0.376. The average Bonchev–Trinajstić information content (AvgIpc) is 2.69. The summed E-state index contributed by atoms with van der Waals surface area (Å²) >= 11 is 5.83. The highest BCUT2D eigenvalue weighted by Gasteiger charge is 2.17. The molecule has 0 amide bonds. The second-order valence-electron chi connectivity index (χ2n) is 3.62. The van der Waals surface area contributed by atoms with Crippen molar-refractivity contribution in [2.75, 3.05) is 7.11 Å². The maximum Gasteiger partial charge on any atom is 0.435 e. The summed E-state index contributed by atoms with van der Waals surface area (Å²) in [5.41, 5.74) is -0.778. The quantitative estimate of drug-likeness (QED) is 0.483. The molecule has 7 nitrogen and oxygen atoms in total. The zero-order valence-electron chi connectivity index (χ0n) is 10.1. The van der Waals surface area contributed by atoms with Gasteiger partial charge >= 0.3 is 11.3 Å². The van der Waals surface area contributed by atoms with E-state index in [-0.39, 0.29) is 11.4 Å². The molecule has 0 unspecified atom stereocenters. The van der Waals surface area contributed by atoms with Gasteiger partial charge in [0.2, 0.25) is 0 Å². The highest BCUT2D eigenvalue weighted by molar-refractivity contribution is 6.30. The lowest BCUT2D eigenvalue weighted by molar-refractivity contribution is -0.742. The van der Waals surface area contributed by atoms with Crippen LogP contribution in [0.2, 0.25) is 5.02 Å². The van der Waals surface area contributed by atoms with Crippen molar-refractivity contribution in [3.63, 3.8) is 0 Å². The number of halogens is 1. The third-order valence-electron chi connectivity index (χ3n) is 2.37. The van der Waals surface area contributed by atoms with Gasteiger partial charge in [0.1, 0.15) is 11.4 Å². The lowest BCUT2D eigenvalue weighted by Crippen LogP contribution is -2.43. The Balaban J connectivity index is 2.52. The molecule has 0 saturated carbocycles. The van der Waals surface area contributed by atoms with E-state index in [1.165, 1.54) is 20.2 Å². The van der Waals surface area contributed by atoms with Crippen LogP contribution in [0.3, 0.4) is 0 Å². The van der Waals surface area contributed by atoms with Crippen LogP contribution < -0.4 is 20.2 Å². The zero-order valence-corrected chi connectivity index (χ0v) is 10.9. The van der Waals surface area contributed by atoms with Crippen molar-refractivity contribution in [2.45, 2.75) is 0 Å². The molecule has 1 heterocycles. The van der Waals surface area contributed by atoms with Crippen LogP contribution in [-0.4, -0.2) is 18.3 Å². The van der Waals surface area contributed by atoms with E-state index in [1.807, 2.05) is 0 Å². The molecule has 0 bridgehead atoms. The predicted octanol–water partition coefficient (Wildman–Crippen LogP) is -0.107. The molecule has 0 aliphatic heterocycles. The molecule has 8 heteroatoms. The number of aromatic amines is 1. The third-order valence-corrected chi connectivity index (χ3v) is 2.60. The summed E-state index contributed by atoms with van der Waals surface area (Å²) in [5, 5.41) is 14.6. The van der Waals surface area contributed by atoms with Crippen LogP contribution in [0.1, 0.15) is 5.69 Å². The second kappa shape index (κ2) is 5.15. The largest absolute Gasteiger partial charge is 0.854 e. The van der Waals surface area contributed by atoms with Gasteiger partial charge in [-0.25, -0.2) is 4.79 Å². The first-order valence-corrected chi connectivity index (χ1v) is 5.58. The van der Waals surface area contributed by atoms with Crippen molar-refractivity contribution in [1.82, 2.24) is 5.27 Å². The topological polar surface area (TPSA) is 94.5 Å². The Labute approximate surface area is 112 Å². The molecule has 0 atom stereocenters. The fourth-order valence-corrected chi connectivity index (χ4v) is 1.65. The molecule has 0 radical (unpaired) electrons. The number of hydrogen-bond acceptors (Lipinski definition) is 5. The molecule has 0 fully saturated rings. The molecule has 1 aromatic carbocycles. The van der Waals surface area contributed by atoms with Crippen molar-refractivity contribution < 1.29 is 19.0 Å². The van der Waals surface area contributed by atoms with E-state index in [4.69, 9.17) is 16.3 Å². The lowest BCUT2D eigenvalue weighted by atomic mass is 10.3. The minimum absolute atomic E-state index is 0.220. The number of methoxy groups -OCH3 is 1. The number of rotatable bonds is 3. The first kappa shape index (κ1) is 13.2. The van der Waals surface area contributed by atoms with Crippen molar-refractivity contribution >= 4 is 23.2 Å². The number of aliphatic imine (C=N–C) groups is 1. The molecule has 2 rings (SSSR count). The fraction of sp³-hybridized carbons (Fsp3) is 0.182. The minimum atomic E-state index is -0.794. The van der Waals surface area contributed by atoms with E-state index in [0.29, 0.717) is 10.8 Å². The summed E-state index contributed by atoms with van der Waals surface area (Å²) in [4.78, 5) is 15.1. The van der Waals surface area contributed by atoms with Gasteiger partial charge < -0.3 is 9.84 Å². The zero-order chi connectivity index (χ0) is 14.0. The van der Waals surface area contributed by atoms with Gasteiger partial charge in [-0.05, 0) is 23.5 Å². The Hall–Kier alpha value is -2.28. The van der Waals surface area contributed by atoms with Gasteiger partial charge in [-0.15, -0.1) is 0 Å². The van der Waals surface area contributed by atoms with Crippen molar-refractivity contribution in [2.24, 2.45) is 12.0 Å². The van der Waals surface area contributed by atoms with Crippen molar-refractivity contribution in [3.8, 4) is 5.75 Å². The smallest absolute Gasteiger partial charge is 0.435 e. The van der Waals surface area contributed by atoms with Gasteiger partial charge in [0, 0.05) is 5.02 Å². The number of H-pyrrole nitrogens is 1. The third kappa shape index (κ3) is 2.60. The van der Waals surface area contributed by atoms with E-state index in [0.717, 1.165) is 4.68 Å². The lowest BCUT2D eigenvalue weighted by Gasteiger charge is -2.07. The maximum absolute atomic E-state index is 11.9. The normalized spacial score (nSPS) is 11.6. The Morgan fingerprint density at radius 2 is 2.32 bits per heavy atom. The molecule has 0 aliphatic rings. The number of ether oxygens (including phenoxy) is 1.